The molecular formula is C14H20F2N2. The van der Waals surface area contributed by atoms with Crippen LogP contribution < -0.4 is 11.1 Å². The molecule has 0 saturated heterocycles. The van der Waals surface area contributed by atoms with E-state index in [0.29, 0.717) is 12.5 Å². The van der Waals surface area contributed by atoms with Crippen LogP contribution in [0.4, 0.5) is 20.2 Å². The lowest BCUT2D eigenvalue weighted by atomic mass is 10.0. The number of nitrogens with two attached hydrogens (primary N) is 1. The molecule has 0 aromatic heterocycles. The Bertz CT molecular complexity index is 444. The van der Waals surface area contributed by atoms with Gasteiger partial charge in [0.1, 0.15) is 5.69 Å². The fourth-order valence-corrected chi connectivity index (χ4v) is 2.81. The van der Waals surface area contributed by atoms with E-state index in [1.54, 1.807) is 0 Å². The molecule has 18 heavy (non-hydrogen) atoms. The summed E-state index contributed by atoms with van der Waals surface area (Å²) in [7, 11) is 0. The van der Waals surface area contributed by atoms with Gasteiger partial charge in [0.05, 0.1) is 0 Å². The van der Waals surface area contributed by atoms with Crippen LogP contribution in [0.25, 0.3) is 0 Å². The summed E-state index contributed by atoms with van der Waals surface area (Å²) in [5.41, 5.74) is 5.78. The average molecular weight is 254 g/mol. The molecule has 1 aromatic rings. The first-order valence-electron chi connectivity index (χ1n) is 6.16. The number of rotatable bonds is 3. The molecule has 1 aliphatic rings. The monoisotopic (exact) mass is 254 g/mol. The topological polar surface area (TPSA) is 38.0 Å². The number of benzene rings is 1. The summed E-state index contributed by atoms with van der Waals surface area (Å²) in [4.78, 5) is 0. The molecule has 0 amide bonds. The van der Waals surface area contributed by atoms with Crippen molar-refractivity contribution < 1.29 is 8.78 Å². The van der Waals surface area contributed by atoms with Crippen LogP contribution in [0.2, 0.25) is 0 Å². The van der Waals surface area contributed by atoms with Crippen molar-refractivity contribution in [2.75, 3.05) is 17.6 Å². The van der Waals surface area contributed by atoms with Crippen molar-refractivity contribution in [3.63, 3.8) is 0 Å². The Kier molecular flexibility index (Phi) is 2.80. The highest BCUT2D eigenvalue weighted by atomic mass is 19.1. The summed E-state index contributed by atoms with van der Waals surface area (Å²) in [5.74, 6) is -0.867. The molecular weight excluding hydrogens is 234 g/mol. The lowest BCUT2D eigenvalue weighted by Crippen LogP contribution is -2.11. The van der Waals surface area contributed by atoms with Gasteiger partial charge in [0, 0.05) is 12.2 Å². The third-order valence-electron chi connectivity index (χ3n) is 4.87. The van der Waals surface area contributed by atoms with Gasteiger partial charge >= 0.3 is 0 Å². The van der Waals surface area contributed by atoms with Crippen molar-refractivity contribution in [2.45, 2.75) is 27.7 Å². The molecule has 1 aromatic carbocycles. The predicted molar refractivity (Wildman–Crippen MR) is 70.3 cm³/mol. The zero-order chi connectivity index (χ0) is 13.7. The summed E-state index contributed by atoms with van der Waals surface area (Å²) < 4.78 is 27.2. The molecule has 0 radical (unpaired) electrons. The molecule has 1 saturated carbocycles. The highest BCUT2D eigenvalue weighted by Crippen LogP contribution is 2.68. The van der Waals surface area contributed by atoms with Gasteiger partial charge in [-0.05, 0) is 28.9 Å². The molecule has 0 unspecified atom stereocenters. The molecule has 2 rings (SSSR count). The van der Waals surface area contributed by atoms with E-state index in [9.17, 15) is 8.78 Å². The van der Waals surface area contributed by atoms with Crippen LogP contribution in [0.15, 0.2) is 12.1 Å². The van der Waals surface area contributed by atoms with Crippen molar-refractivity contribution >= 4 is 11.4 Å². The summed E-state index contributed by atoms with van der Waals surface area (Å²) in [5, 5.41) is 2.88. The fourth-order valence-electron chi connectivity index (χ4n) is 2.81. The SMILES string of the molecule is CC1(C)C(CNc2c(F)cc(N)cc2F)C1(C)C. The molecule has 1 aliphatic carbocycles. The van der Waals surface area contributed by atoms with E-state index in [1.165, 1.54) is 0 Å². The van der Waals surface area contributed by atoms with E-state index < -0.39 is 11.6 Å². The maximum Gasteiger partial charge on any atom is 0.151 e. The van der Waals surface area contributed by atoms with E-state index in [-0.39, 0.29) is 22.2 Å². The Balaban J connectivity index is 2.09. The molecule has 0 heterocycles. The minimum Gasteiger partial charge on any atom is -0.399 e. The quantitative estimate of drug-likeness (QED) is 0.808. The number of nitrogen functional groups attached to an aromatic ring is 1. The Morgan fingerprint density at radius 3 is 1.94 bits per heavy atom. The standard InChI is InChI=1S/C14H20F2N2/c1-13(2)11(14(13,3)4)7-18-12-9(15)5-8(17)6-10(12)16/h5-6,11,18H,7,17H2,1-4H3. The summed E-state index contributed by atoms with van der Waals surface area (Å²) in [6, 6.07) is 2.27. The highest BCUT2D eigenvalue weighted by Gasteiger charge is 2.64. The zero-order valence-corrected chi connectivity index (χ0v) is 11.3. The van der Waals surface area contributed by atoms with Crippen LogP contribution in [0.5, 0.6) is 0 Å². The van der Waals surface area contributed by atoms with Crippen molar-refractivity contribution in [1.29, 1.82) is 0 Å². The first-order valence-corrected chi connectivity index (χ1v) is 6.16. The lowest BCUT2D eigenvalue weighted by Gasteiger charge is -2.10. The lowest BCUT2D eigenvalue weighted by molar-refractivity contribution is 0.457. The van der Waals surface area contributed by atoms with E-state index in [4.69, 9.17) is 5.73 Å². The molecule has 1 fully saturated rings. The molecule has 4 heteroatoms. The summed E-state index contributed by atoms with van der Waals surface area (Å²) in [6.07, 6.45) is 0. The zero-order valence-electron chi connectivity index (χ0n) is 11.3. The Morgan fingerprint density at radius 2 is 1.56 bits per heavy atom. The molecule has 0 bridgehead atoms. The minimum absolute atomic E-state index is 0.0808. The molecule has 0 atom stereocenters. The molecule has 3 N–H and O–H groups in total. The van der Waals surface area contributed by atoms with Crippen LogP contribution in [0.3, 0.4) is 0 Å². The summed E-state index contributed by atoms with van der Waals surface area (Å²) in [6.45, 7) is 9.27. The van der Waals surface area contributed by atoms with Crippen molar-refractivity contribution in [2.24, 2.45) is 16.7 Å². The van der Waals surface area contributed by atoms with Gasteiger partial charge in [0.15, 0.2) is 11.6 Å². The van der Waals surface area contributed by atoms with Gasteiger partial charge in [-0.15, -0.1) is 0 Å². The van der Waals surface area contributed by atoms with E-state index in [2.05, 4.69) is 33.0 Å². The number of halogens is 2. The van der Waals surface area contributed by atoms with Gasteiger partial charge in [-0.2, -0.15) is 0 Å². The first kappa shape index (κ1) is 13.1. The number of hydrogen-bond donors (Lipinski definition) is 2. The highest BCUT2D eigenvalue weighted by molar-refractivity contribution is 5.54. The van der Waals surface area contributed by atoms with E-state index in [1.807, 2.05) is 0 Å². The van der Waals surface area contributed by atoms with Crippen LogP contribution in [0.1, 0.15) is 27.7 Å². The van der Waals surface area contributed by atoms with Gasteiger partial charge in [0.2, 0.25) is 0 Å². The minimum atomic E-state index is -0.635. The maximum atomic E-state index is 13.6. The van der Waals surface area contributed by atoms with Gasteiger partial charge in [-0.25, -0.2) is 8.78 Å². The van der Waals surface area contributed by atoms with Crippen LogP contribution in [0, 0.1) is 28.4 Å². The predicted octanol–water partition coefficient (Wildman–Crippen LogP) is 3.64. The van der Waals surface area contributed by atoms with Crippen LogP contribution >= 0.6 is 0 Å². The second-order valence-corrected chi connectivity index (χ2v) is 6.24. The number of anilines is 2. The third-order valence-corrected chi connectivity index (χ3v) is 4.87. The molecule has 100 valence electrons. The Morgan fingerprint density at radius 1 is 1.11 bits per heavy atom. The second kappa shape index (κ2) is 3.84. The normalized spacial score (nSPS) is 20.8. The molecule has 2 nitrogen and oxygen atoms in total. The summed E-state index contributed by atoms with van der Waals surface area (Å²) >= 11 is 0. The van der Waals surface area contributed by atoms with E-state index in [0.717, 1.165) is 12.1 Å². The first-order chi connectivity index (χ1) is 8.18. The molecule has 0 spiro atoms. The van der Waals surface area contributed by atoms with Crippen molar-refractivity contribution in [1.82, 2.24) is 0 Å². The largest absolute Gasteiger partial charge is 0.399 e. The number of nitrogens with one attached hydrogen (secondary N) is 1. The second-order valence-electron chi connectivity index (χ2n) is 6.24. The Labute approximate surface area is 107 Å². The van der Waals surface area contributed by atoms with E-state index >= 15 is 0 Å². The maximum absolute atomic E-state index is 13.6. The van der Waals surface area contributed by atoms with Gasteiger partial charge in [-0.1, -0.05) is 27.7 Å². The van der Waals surface area contributed by atoms with Gasteiger partial charge < -0.3 is 11.1 Å². The van der Waals surface area contributed by atoms with Crippen molar-refractivity contribution in [3.05, 3.63) is 23.8 Å². The van der Waals surface area contributed by atoms with Crippen molar-refractivity contribution in [3.8, 4) is 0 Å². The molecule has 0 aliphatic heterocycles. The third kappa shape index (κ3) is 1.84. The number of hydrogen-bond acceptors (Lipinski definition) is 2. The fraction of sp³-hybridized carbons (Fsp3) is 0.571. The average Bonchev–Trinajstić information content (AvgIpc) is 2.58. The van der Waals surface area contributed by atoms with Crippen LogP contribution in [-0.4, -0.2) is 6.54 Å². The van der Waals surface area contributed by atoms with Gasteiger partial charge in [0.25, 0.3) is 0 Å². The van der Waals surface area contributed by atoms with Crippen LogP contribution in [-0.2, 0) is 0 Å². The van der Waals surface area contributed by atoms with Gasteiger partial charge in [-0.3, -0.25) is 0 Å². The Hall–Kier alpha value is -1.32. The smallest absolute Gasteiger partial charge is 0.151 e.